The monoisotopic (exact) mass is 332 g/mol. The molecule has 0 radical (unpaired) electrons. The standard InChI is InChI=1S/C14H12Cl3FN2/c15-9-4-8(5-10(16)6-9)14(20-19)7-11-12(17)2-1-3-13(11)18/h1-6,14,20H,7,19H2. The van der Waals surface area contributed by atoms with Crippen LogP contribution in [0.5, 0.6) is 0 Å². The first kappa shape index (κ1) is 15.5. The van der Waals surface area contributed by atoms with Gasteiger partial charge in [-0.25, -0.2) is 4.39 Å². The summed E-state index contributed by atoms with van der Waals surface area (Å²) in [5.74, 6) is 5.18. The van der Waals surface area contributed by atoms with Crippen molar-refractivity contribution in [3.63, 3.8) is 0 Å². The highest BCUT2D eigenvalue weighted by Crippen LogP contribution is 2.28. The number of hydrazine groups is 1. The van der Waals surface area contributed by atoms with E-state index in [1.165, 1.54) is 6.07 Å². The molecule has 2 nitrogen and oxygen atoms in total. The third-order valence-corrected chi connectivity index (χ3v) is 3.75. The van der Waals surface area contributed by atoms with Gasteiger partial charge in [-0.15, -0.1) is 0 Å². The van der Waals surface area contributed by atoms with Gasteiger partial charge < -0.3 is 0 Å². The summed E-state index contributed by atoms with van der Waals surface area (Å²) in [6, 6.07) is 9.29. The van der Waals surface area contributed by atoms with E-state index in [0.29, 0.717) is 27.1 Å². The Balaban J connectivity index is 2.33. The summed E-state index contributed by atoms with van der Waals surface area (Å²) in [5, 5.41) is 1.35. The third-order valence-electron chi connectivity index (χ3n) is 2.96. The molecule has 2 aromatic carbocycles. The average Bonchev–Trinajstić information content (AvgIpc) is 2.37. The third kappa shape index (κ3) is 3.62. The zero-order valence-corrected chi connectivity index (χ0v) is 12.6. The number of hydrogen-bond acceptors (Lipinski definition) is 2. The van der Waals surface area contributed by atoms with Crippen molar-refractivity contribution < 1.29 is 4.39 Å². The first-order valence-electron chi connectivity index (χ1n) is 5.86. The fourth-order valence-electron chi connectivity index (χ4n) is 1.98. The predicted octanol–water partition coefficient (Wildman–Crippen LogP) is 4.53. The highest BCUT2D eigenvalue weighted by atomic mass is 35.5. The first-order valence-corrected chi connectivity index (χ1v) is 6.99. The summed E-state index contributed by atoms with van der Waals surface area (Å²) in [6.07, 6.45) is 0.290. The van der Waals surface area contributed by atoms with Gasteiger partial charge in [-0.2, -0.15) is 0 Å². The molecule has 0 heterocycles. The lowest BCUT2D eigenvalue weighted by molar-refractivity contribution is 0.529. The van der Waals surface area contributed by atoms with Gasteiger partial charge in [0.1, 0.15) is 5.82 Å². The molecule has 2 rings (SSSR count). The van der Waals surface area contributed by atoms with Crippen molar-refractivity contribution >= 4 is 34.8 Å². The zero-order valence-electron chi connectivity index (χ0n) is 10.3. The number of nitrogens with two attached hydrogens (primary N) is 1. The molecule has 6 heteroatoms. The Morgan fingerprint density at radius 3 is 2.30 bits per heavy atom. The molecule has 0 fully saturated rings. The minimum absolute atomic E-state index is 0.290. The van der Waals surface area contributed by atoms with Gasteiger partial charge in [0, 0.05) is 20.6 Å². The minimum Gasteiger partial charge on any atom is -0.271 e. The topological polar surface area (TPSA) is 38.0 Å². The van der Waals surface area contributed by atoms with E-state index in [1.807, 2.05) is 0 Å². The summed E-state index contributed by atoms with van der Waals surface area (Å²) >= 11 is 17.9. The number of nitrogens with one attached hydrogen (secondary N) is 1. The Hall–Kier alpha value is -0.840. The lowest BCUT2D eigenvalue weighted by atomic mass is 9.99. The van der Waals surface area contributed by atoms with Crippen LogP contribution in [0.25, 0.3) is 0 Å². The lowest BCUT2D eigenvalue weighted by Gasteiger charge is -2.18. The second-order valence-corrected chi connectivity index (χ2v) is 5.61. The van der Waals surface area contributed by atoms with Crippen LogP contribution in [0.4, 0.5) is 4.39 Å². The molecular weight excluding hydrogens is 322 g/mol. The van der Waals surface area contributed by atoms with E-state index in [4.69, 9.17) is 40.6 Å². The van der Waals surface area contributed by atoms with Gasteiger partial charge >= 0.3 is 0 Å². The molecule has 3 N–H and O–H groups in total. The number of benzene rings is 2. The first-order chi connectivity index (χ1) is 9.51. The van der Waals surface area contributed by atoms with Crippen LogP contribution >= 0.6 is 34.8 Å². The lowest BCUT2D eigenvalue weighted by Crippen LogP contribution is -2.30. The smallest absolute Gasteiger partial charge is 0.127 e. The Morgan fingerprint density at radius 2 is 1.75 bits per heavy atom. The van der Waals surface area contributed by atoms with Gasteiger partial charge in [0.25, 0.3) is 0 Å². The van der Waals surface area contributed by atoms with Crippen LogP contribution in [0.1, 0.15) is 17.2 Å². The second-order valence-electron chi connectivity index (χ2n) is 4.33. The van der Waals surface area contributed by atoms with Crippen LogP contribution in [-0.4, -0.2) is 0 Å². The number of halogens is 4. The molecule has 20 heavy (non-hydrogen) atoms. The van der Waals surface area contributed by atoms with Crippen LogP contribution in [0.3, 0.4) is 0 Å². The summed E-state index contributed by atoms with van der Waals surface area (Å²) < 4.78 is 13.8. The molecule has 0 aliphatic carbocycles. The molecule has 1 atom stereocenters. The Morgan fingerprint density at radius 1 is 1.10 bits per heavy atom. The Kier molecular flexibility index (Phi) is 5.24. The molecule has 0 spiro atoms. The predicted molar refractivity (Wildman–Crippen MR) is 81.6 cm³/mol. The highest BCUT2D eigenvalue weighted by molar-refractivity contribution is 6.34. The summed E-state index contributed by atoms with van der Waals surface area (Å²) in [4.78, 5) is 0. The number of hydrogen-bond donors (Lipinski definition) is 2. The fourth-order valence-corrected chi connectivity index (χ4v) is 2.76. The van der Waals surface area contributed by atoms with E-state index < -0.39 is 0 Å². The maximum atomic E-state index is 13.8. The van der Waals surface area contributed by atoms with Crippen molar-refractivity contribution in [2.75, 3.05) is 0 Å². The van der Waals surface area contributed by atoms with Crippen LogP contribution in [0.15, 0.2) is 36.4 Å². The Bertz CT molecular complexity index is 579. The SMILES string of the molecule is NNC(Cc1c(F)cccc1Cl)c1cc(Cl)cc(Cl)c1. The van der Waals surface area contributed by atoms with E-state index in [1.54, 1.807) is 30.3 Å². The normalized spacial score (nSPS) is 12.4. The number of rotatable bonds is 4. The van der Waals surface area contributed by atoms with Crippen LogP contribution in [0, 0.1) is 5.82 Å². The molecule has 1 unspecified atom stereocenters. The molecule has 0 amide bonds. The summed E-state index contributed by atoms with van der Waals surface area (Å²) in [6.45, 7) is 0. The van der Waals surface area contributed by atoms with Crippen molar-refractivity contribution in [2.24, 2.45) is 5.84 Å². The van der Waals surface area contributed by atoms with E-state index in [9.17, 15) is 4.39 Å². The molecule has 0 aliphatic heterocycles. The van der Waals surface area contributed by atoms with Crippen molar-refractivity contribution in [3.05, 3.63) is 68.4 Å². The van der Waals surface area contributed by atoms with Crippen LogP contribution in [0.2, 0.25) is 15.1 Å². The molecule has 0 bridgehead atoms. The maximum Gasteiger partial charge on any atom is 0.127 e. The van der Waals surface area contributed by atoms with Crippen LogP contribution in [-0.2, 0) is 6.42 Å². The molecule has 2 aromatic rings. The summed E-state index contributed by atoms with van der Waals surface area (Å²) in [5.41, 5.74) is 3.80. The van der Waals surface area contributed by atoms with Gasteiger partial charge in [-0.1, -0.05) is 40.9 Å². The average molecular weight is 334 g/mol. The van der Waals surface area contributed by atoms with Gasteiger partial charge in [0.15, 0.2) is 0 Å². The Labute approximate surface area is 131 Å². The van der Waals surface area contributed by atoms with Gasteiger partial charge in [-0.3, -0.25) is 11.3 Å². The molecule has 0 saturated heterocycles. The van der Waals surface area contributed by atoms with Gasteiger partial charge in [-0.05, 0) is 42.3 Å². The second kappa shape index (κ2) is 6.74. The largest absolute Gasteiger partial charge is 0.271 e. The molecule has 106 valence electrons. The van der Waals surface area contributed by atoms with E-state index >= 15 is 0 Å². The summed E-state index contributed by atoms with van der Waals surface area (Å²) in [7, 11) is 0. The van der Waals surface area contributed by atoms with Gasteiger partial charge in [0.05, 0.1) is 6.04 Å². The van der Waals surface area contributed by atoms with Crippen molar-refractivity contribution in [2.45, 2.75) is 12.5 Å². The molecular formula is C14H12Cl3FN2. The fraction of sp³-hybridized carbons (Fsp3) is 0.143. The van der Waals surface area contributed by atoms with Crippen LogP contribution < -0.4 is 11.3 Å². The highest BCUT2D eigenvalue weighted by Gasteiger charge is 2.16. The molecule has 0 aromatic heterocycles. The minimum atomic E-state index is -0.370. The van der Waals surface area contributed by atoms with E-state index in [2.05, 4.69) is 5.43 Å². The van der Waals surface area contributed by atoms with Crippen molar-refractivity contribution in [1.29, 1.82) is 0 Å². The van der Waals surface area contributed by atoms with Crippen molar-refractivity contribution in [1.82, 2.24) is 5.43 Å². The zero-order chi connectivity index (χ0) is 14.7. The van der Waals surface area contributed by atoms with E-state index in [0.717, 1.165) is 5.56 Å². The maximum absolute atomic E-state index is 13.8. The van der Waals surface area contributed by atoms with E-state index in [-0.39, 0.29) is 11.9 Å². The molecule has 0 saturated carbocycles. The quantitative estimate of drug-likeness (QED) is 0.637. The molecule has 0 aliphatic rings. The van der Waals surface area contributed by atoms with Crippen molar-refractivity contribution in [3.8, 4) is 0 Å². The van der Waals surface area contributed by atoms with Gasteiger partial charge in [0.2, 0.25) is 0 Å².